The molecule has 3 N–H and O–H groups in total. The van der Waals surface area contributed by atoms with Gasteiger partial charge in [-0.15, -0.1) is 10.2 Å². The standard InChI is InChI=1S/C25H28N6O3S/c1-5-17-12-19(10-11-21(17)35(32,33)15(2)3)20-14-28-23(26)22(29-20)25-31-30-24(34-25)18-8-6-16(7-9-18)13-27-4/h6-12,14-15,27H,5,13H2,1-4H3,(H2,26,28). The average molecular weight is 493 g/mol. The van der Waals surface area contributed by atoms with Gasteiger partial charge < -0.3 is 15.5 Å². The lowest BCUT2D eigenvalue weighted by molar-refractivity contribution is 0.582. The second-order valence-corrected chi connectivity index (χ2v) is 10.9. The first-order valence-corrected chi connectivity index (χ1v) is 12.9. The molecule has 4 aromatic rings. The summed E-state index contributed by atoms with van der Waals surface area (Å²) in [6.45, 7) is 6.04. The Bertz CT molecular complexity index is 1450. The predicted octanol–water partition coefficient (Wildman–Crippen LogP) is 3.91. The molecule has 2 aromatic carbocycles. The zero-order chi connectivity index (χ0) is 25.2. The van der Waals surface area contributed by atoms with E-state index in [1.807, 2.05) is 44.3 Å². The van der Waals surface area contributed by atoms with Crippen molar-refractivity contribution < 1.29 is 12.8 Å². The number of nitrogen functional groups attached to an aromatic ring is 1. The van der Waals surface area contributed by atoms with Gasteiger partial charge in [-0.3, -0.25) is 0 Å². The molecular formula is C25H28N6O3S. The molecule has 9 nitrogen and oxygen atoms in total. The van der Waals surface area contributed by atoms with Gasteiger partial charge in [-0.2, -0.15) is 0 Å². The van der Waals surface area contributed by atoms with E-state index in [1.165, 1.54) is 0 Å². The van der Waals surface area contributed by atoms with Crippen molar-refractivity contribution in [3.05, 3.63) is 59.8 Å². The van der Waals surface area contributed by atoms with Gasteiger partial charge in [0.1, 0.15) is 0 Å². The fourth-order valence-electron chi connectivity index (χ4n) is 3.65. The van der Waals surface area contributed by atoms with E-state index in [1.54, 1.807) is 32.2 Å². The van der Waals surface area contributed by atoms with Gasteiger partial charge in [0.05, 0.1) is 22.0 Å². The van der Waals surface area contributed by atoms with E-state index in [0.717, 1.165) is 28.8 Å². The van der Waals surface area contributed by atoms with Crippen LogP contribution in [0, 0.1) is 0 Å². The van der Waals surface area contributed by atoms with Crippen LogP contribution in [0.25, 0.3) is 34.3 Å². The molecule has 2 aromatic heterocycles. The van der Waals surface area contributed by atoms with Crippen LogP contribution in [0.4, 0.5) is 5.82 Å². The van der Waals surface area contributed by atoms with Crippen LogP contribution >= 0.6 is 0 Å². The third kappa shape index (κ3) is 4.94. The highest BCUT2D eigenvalue weighted by Gasteiger charge is 2.23. The van der Waals surface area contributed by atoms with Crippen molar-refractivity contribution in [3.8, 4) is 34.3 Å². The minimum absolute atomic E-state index is 0.154. The molecule has 0 radical (unpaired) electrons. The van der Waals surface area contributed by atoms with E-state index in [4.69, 9.17) is 10.2 Å². The summed E-state index contributed by atoms with van der Waals surface area (Å²) in [4.78, 5) is 9.22. The largest absolute Gasteiger partial charge is 0.414 e. The Kier molecular flexibility index (Phi) is 6.95. The predicted molar refractivity (Wildman–Crippen MR) is 135 cm³/mol. The van der Waals surface area contributed by atoms with Crippen molar-refractivity contribution in [1.29, 1.82) is 0 Å². The number of hydrogen-bond acceptors (Lipinski definition) is 9. The highest BCUT2D eigenvalue weighted by molar-refractivity contribution is 7.92. The van der Waals surface area contributed by atoms with Crippen LogP contribution < -0.4 is 11.1 Å². The van der Waals surface area contributed by atoms with E-state index in [0.29, 0.717) is 22.9 Å². The molecule has 0 bridgehead atoms. The van der Waals surface area contributed by atoms with Crippen LogP contribution in [0.15, 0.2) is 58.0 Å². The van der Waals surface area contributed by atoms with Crippen LogP contribution in [0.5, 0.6) is 0 Å². The molecule has 0 amide bonds. The smallest absolute Gasteiger partial charge is 0.270 e. The molecule has 4 rings (SSSR count). The van der Waals surface area contributed by atoms with Crippen molar-refractivity contribution in [1.82, 2.24) is 25.5 Å². The SMILES string of the molecule is CCc1cc(-c2cnc(N)c(-c3nnc(-c4ccc(CNC)cc4)o3)n2)ccc1S(=O)(=O)C(C)C. The lowest BCUT2D eigenvalue weighted by Gasteiger charge is -2.13. The fraction of sp³-hybridized carbons (Fsp3) is 0.280. The summed E-state index contributed by atoms with van der Waals surface area (Å²) in [5.74, 6) is 0.656. The van der Waals surface area contributed by atoms with Gasteiger partial charge in [0.15, 0.2) is 21.3 Å². The van der Waals surface area contributed by atoms with Crippen molar-refractivity contribution in [3.63, 3.8) is 0 Å². The molecule has 0 atom stereocenters. The number of rotatable bonds is 8. The maximum Gasteiger partial charge on any atom is 0.270 e. The number of aryl methyl sites for hydroxylation is 1. The molecule has 0 aliphatic heterocycles. The summed E-state index contributed by atoms with van der Waals surface area (Å²) in [6, 6.07) is 13.0. The molecule has 2 heterocycles. The highest BCUT2D eigenvalue weighted by Crippen LogP contribution is 2.30. The van der Waals surface area contributed by atoms with E-state index < -0.39 is 15.1 Å². The van der Waals surface area contributed by atoms with Crippen LogP contribution in [0.2, 0.25) is 0 Å². The number of benzene rings is 2. The molecule has 0 saturated carbocycles. The molecule has 0 fully saturated rings. The zero-order valence-corrected chi connectivity index (χ0v) is 20.9. The molecular weight excluding hydrogens is 464 g/mol. The quantitative estimate of drug-likeness (QED) is 0.375. The Morgan fingerprint density at radius 2 is 1.71 bits per heavy atom. The number of nitrogens with two attached hydrogens (primary N) is 1. The van der Waals surface area contributed by atoms with Crippen LogP contribution in [-0.2, 0) is 22.8 Å². The Morgan fingerprint density at radius 1 is 1.03 bits per heavy atom. The van der Waals surface area contributed by atoms with Crippen molar-refractivity contribution in [2.24, 2.45) is 0 Å². The number of aromatic nitrogens is 4. The van der Waals surface area contributed by atoms with Gasteiger partial charge >= 0.3 is 0 Å². The monoisotopic (exact) mass is 492 g/mol. The van der Waals surface area contributed by atoms with Crippen molar-refractivity contribution in [2.75, 3.05) is 12.8 Å². The number of hydrogen-bond donors (Lipinski definition) is 2. The number of nitrogens with one attached hydrogen (secondary N) is 1. The van der Waals surface area contributed by atoms with E-state index >= 15 is 0 Å². The first kappa shape index (κ1) is 24.5. The van der Waals surface area contributed by atoms with Crippen LogP contribution in [0.1, 0.15) is 31.9 Å². The summed E-state index contributed by atoms with van der Waals surface area (Å²) in [5, 5.41) is 10.9. The Hall–Kier alpha value is -3.63. The van der Waals surface area contributed by atoms with Crippen LogP contribution in [0.3, 0.4) is 0 Å². The summed E-state index contributed by atoms with van der Waals surface area (Å²) >= 11 is 0. The molecule has 35 heavy (non-hydrogen) atoms. The minimum Gasteiger partial charge on any atom is -0.414 e. The second-order valence-electron chi connectivity index (χ2n) is 8.40. The van der Waals surface area contributed by atoms with E-state index in [9.17, 15) is 8.42 Å². The van der Waals surface area contributed by atoms with Gasteiger partial charge in [0.2, 0.25) is 5.89 Å². The van der Waals surface area contributed by atoms with Gasteiger partial charge in [-0.1, -0.05) is 25.1 Å². The summed E-state index contributed by atoms with van der Waals surface area (Å²) < 4.78 is 31.3. The second kappa shape index (κ2) is 9.93. The highest BCUT2D eigenvalue weighted by atomic mass is 32.2. The van der Waals surface area contributed by atoms with Gasteiger partial charge in [0, 0.05) is 17.7 Å². The number of nitrogens with zero attached hydrogens (tertiary/aromatic N) is 4. The normalized spacial score (nSPS) is 11.8. The van der Waals surface area contributed by atoms with E-state index in [2.05, 4.69) is 25.5 Å². The summed E-state index contributed by atoms with van der Waals surface area (Å²) in [5.41, 5.74) is 10.2. The Labute approximate surface area is 204 Å². The molecule has 10 heteroatoms. The zero-order valence-electron chi connectivity index (χ0n) is 20.1. The third-order valence-corrected chi connectivity index (χ3v) is 7.93. The lowest BCUT2D eigenvalue weighted by Crippen LogP contribution is -2.16. The Balaban J connectivity index is 1.69. The van der Waals surface area contributed by atoms with Gasteiger partial charge in [0.25, 0.3) is 5.89 Å². The molecule has 0 aliphatic carbocycles. The molecule has 0 unspecified atom stereocenters. The maximum atomic E-state index is 12.7. The molecule has 0 saturated heterocycles. The van der Waals surface area contributed by atoms with Crippen molar-refractivity contribution in [2.45, 2.75) is 43.9 Å². The third-order valence-electron chi connectivity index (χ3n) is 5.67. The van der Waals surface area contributed by atoms with E-state index in [-0.39, 0.29) is 17.4 Å². The van der Waals surface area contributed by atoms with Crippen molar-refractivity contribution >= 4 is 15.7 Å². The molecule has 0 aliphatic rings. The van der Waals surface area contributed by atoms with Gasteiger partial charge in [-0.25, -0.2) is 18.4 Å². The number of sulfone groups is 1. The first-order valence-electron chi connectivity index (χ1n) is 11.3. The fourth-order valence-corrected chi connectivity index (χ4v) is 4.98. The minimum atomic E-state index is -3.40. The maximum absolute atomic E-state index is 12.7. The van der Waals surface area contributed by atoms with Gasteiger partial charge in [-0.05, 0) is 62.7 Å². The number of anilines is 1. The molecule has 0 spiro atoms. The summed E-state index contributed by atoms with van der Waals surface area (Å²) in [6.07, 6.45) is 2.10. The Morgan fingerprint density at radius 3 is 2.37 bits per heavy atom. The topological polar surface area (TPSA) is 137 Å². The average Bonchev–Trinajstić information content (AvgIpc) is 3.34. The first-order chi connectivity index (χ1) is 16.7. The van der Waals surface area contributed by atoms with Crippen LogP contribution in [-0.4, -0.2) is 40.9 Å². The molecule has 182 valence electrons. The summed E-state index contributed by atoms with van der Waals surface area (Å²) in [7, 11) is -1.51. The lowest BCUT2D eigenvalue weighted by atomic mass is 10.1.